The quantitative estimate of drug-likeness (QED) is 0.365. The summed E-state index contributed by atoms with van der Waals surface area (Å²) in [5.74, 6) is -6.25. The van der Waals surface area contributed by atoms with Crippen LogP contribution in [0.25, 0.3) is 0 Å². The van der Waals surface area contributed by atoms with Gasteiger partial charge in [-0.15, -0.1) is 0 Å². The number of amides is 1. The van der Waals surface area contributed by atoms with Crippen molar-refractivity contribution in [3.63, 3.8) is 0 Å². The van der Waals surface area contributed by atoms with Gasteiger partial charge in [0.1, 0.15) is 0 Å². The van der Waals surface area contributed by atoms with Crippen molar-refractivity contribution in [2.45, 2.75) is 66.2 Å². The van der Waals surface area contributed by atoms with E-state index in [1.165, 1.54) is 12.1 Å². The van der Waals surface area contributed by atoms with E-state index in [9.17, 15) is 41.7 Å². The molecule has 4 saturated carbocycles. The molecule has 0 aliphatic heterocycles. The van der Waals surface area contributed by atoms with E-state index in [0.717, 1.165) is 6.07 Å². The Morgan fingerprint density at radius 2 is 1.59 bits per heavy atom. The minimum absolute atomic E-state index is 0.0276. The fraction of sp³-hybridized carbons (Fsp3) is 0.500. The first-order chi connectivity index (χ1) is 18.3. The van der Waals surface area contributed by atoms with Gasteiger partial charge in [0.25, 0.3) is 5.91 Å². The predicted molar refractivity (Wildman–Crippen MR) is 133 cm³/mol. The van der Waals surface area contributed by atoms with Crippen molar-refractivity contribution in [3.05, 3.63) is 58.4 Å². The van der Waals surface area contributed by atoms with Crippen molar-refractivity contribution in [3.8, 4) is 0 Å². The van der Waals surface area contributed by atoms with Gasteiger partial charge in [-0.3, -0.25) is 4.79 Å². The third kappa shape index (κ3) is 5.18. The molecule has 2 aromatic carbocycles. The van der Waals surface area contributed by atoms with Crippen molar-refractivity contribution >= 4 is 33.0 Å². The zero-order valence-corrected chi connectivity index (χ0v) is 22.1. The Labute approximate surface area is 227 Å². The number of carbonyl (C=O) groups is 1. The summed E-state index contributed by atoms with van der Waals surface area (Å²) in [6.45, 7) is -0.0276. The van der Waals surface area contributed by atoms with E-state index >= 15 is 0 Å². The number of carbonyl (C=O) groups excluding carboxylic acids is 1. The molecule has 1 amide bonds. The molecule has 8 nitrogen and oxygen atoms in total. The van der Waals surface area contributed by atoms with Crippen LogP contribution in [0.15, 0.2) is 35.2 Å². The number of halogens is 4. The summed E-state index contributed by atoms with van der Waals surface area (Å²) < 4.78 is 73.1. The lowest BCUT2D eigenvalue weighted by Gasteiger charge is -2.58. The van der Waals surface area contributed by atoms with Crippen LogP contribution < -0.4 is 5.32 Å². The molecule has 4 fully saturated rings. The van der Waals surface area contributed by atoms with Crippen LogP contribution in [0.5, 0.6) is 0 Å². The first kappa shape index (κ1) is 28.3. The highest BCUT2D eigenvalue weighted by Gasteiger charge is 2.60. The molecule has 212 valence electrons. The lowest BCUT2D eigenvalue weighted by molar-refractivity contribution is -0.214. The monoisotopic (exact) mass is 589 g/mol. The number of aliphatic hydroxyl groups excluding tert-OH is 2. The number of ether oxygens (including phenoxy) is 1. The average Bonchev–Trinajstić information content (AvgIpc) is 3.22. The number of rotatable bonds is 7. The average molecular weight is 590 g/mol. The minimum Gasteiger partial charge on any atom is -0.390 e. The van der Waals surface area contributed by atoms with Crippen molar-refractivity contribution < 1.29 is 46.4 Å². The largest absolute Gasteiger partial charge is 0.390 e. The molecule has 0 saturated heterocycles. The van der Waals surface area contributed by atoms with E-state index in [1.807, 2.05) is 0 Å². The normalized spacial score (nSPS) is 32.1. The number of sulfone groups is 1. The zero-order valence-electron chi connectivity index (χ0n) is 20.5. The first-order valence-corrected chi connectivity index (χ1v) is 14.4. The summed E-state index contributed by atoms with van der Waals surface area (Å²) >= 11 is 6.21. The highest BCUT2D eigenvalue weighted by atomic mass is 35.5. The molecular weight excluding hydrogens is 563 g/mol. The fourth-order valence-electron chi connectivity index (χ4n) is 5.95. The van der Waals surface area contributed by atoms with Gasteiger partial charge in [0.05, 0.1) is 45.7 Å². The van der Waals surface area contributed by atoms with Crippen LogP contribution in [-0.2, 0) is 14.6 Å². The standard InChI is InChI=1S/C26H27ClF3NO7S/c27-18-2-1-12(25(34)31-15-7-19(28)24(30)20(29)8-15)3-23(18)39(36,37)17-5-13-4-14(6-17)26(13,35)11-38-16-9-21(32)22(33)10-16/h1-3,7-8,13-14,16-17,21-22,32-33,35H,4-6,9-11H2,(H,31,34)/t13?,14?,16?,17?,21-,22+,26?. The maximum absolute atomic E-state index is 13.6. The molecular formula is C26H27ClF3NO7S. The number of benzene rings is 2. The van der Waals surface area contributed by atoms with Crippen LogP contribution in [0.2, 0.25) is 5.02 Å². The van der Waals surface area contributed by atoms with Gasteiger partial charge in [0.2, 0.25) is 0 Å². The summed E-state index contributed by atoms with van der Waals surface area (Å²) in [5.41, 5.74) is -1.71. The Hall–Kier alpha value is -2.22. The van der Waals surface area contributed by atoms with E-state index in [2.05, 4.69) is 5.32 Å². The van der Waals surface area contributed by atoms with Gasteiger partial charge in [-0.1, -0.05) is 11.6 Å². The van der Waals surface area contributed by atoms with Crippen LogP contribution in [0.4, 0.5) is 18.9 Å². The highest BCUT2D eigenvalue weighted by molar-refractivity contribution is 7.92. The predicted octanol–water partition coefficient (Wildman–Crippen LogP) is 3.21. The maximum Gasteiger partial charge on any atom is 0.255 e. The number of hydrogen-bond donors (Lipinski definition) is 4. The number of nitrogens with one attached hydrogen (secondary N) is 1. The Balaban J connectivity index is 1.28. The smallest absolute Gasteiger partial charge is 0.255 e. The van der Waals surface area contributed by atoms with E-state index in [-0.39, 0.29) is 65.3 Å². The SMILES string of the molecule is O=C(Nc1cc(F)c(F)c(F)c1)c1ccc(Cl)c(S(=O)(=O)C2CC3CC(C2)C3(O)COC2C[C@@H](O)[C@@H](O)C2)c1. The Morgan fingerprint density at radius 3 is 2.18 bits per heavy atom. The number of fused-ring (bicyclic) bond motifs is 2. The van der Waals surface area contributed by atoms with Gasteiger partial charge in [-0.25, -0.2) is 21.6 Å². The van der Waals surface area contributed by atoms with Crippen molar-refractivity contribution in [2.75, 3.05) is 11.9 Å². The van der Waals surface area contributed by atoms with Crippen LogP contribution in [0.1, 0.15) is 42.5 Å². The molecule has 0 aromatic heterocycles. The molecule has 13 heteroatoms. The fourth-order valence-corrected chi connectivity index (χ4v) is 8.36. The molecule has 6 rings (SSSR count). The summed E-state index contributed by atoms with van der Waals surface area (Å²) in [6, 6.07) is 4.75. The second kappa shape index (κ2) is 10.3. The molecule has 3 unspecified atom stereocenters. The molecule has 2 bridgehead atoms. The summed E-state index contributed by atoms with van der Waals surface area (Å²) in [4.78, 5) is 12.4. The van der Waals surface area contributed by atoms with Crippen LogP contribution >= 0.6 is 11.6 Å². The number of hydrogen-bond acceptors (Lipinski definition) is 7. The molecule has 0 spiro atoms. The maximum atomic E-state index is 13.6. The highest BCUT2D eigenvalue weighted by Crippen LogP contribution is 2.56. The van der Waals surface area contributed by atoms with Crippen LogP contribution in [-0.4, -0.2) is 65.4 Å². The van der Waals surface area contributed by atoms with Gasteiger partial charge in [0.15, 0.2) is 27.3 Å². The third-order valence-corrected chi connectivity index (χ3v) is 10.9. The molecule has 2 aromatic rings. The summed E-state index contributed by atoms with van der Waals surface area (Å²) in [7, 11) is -4.04. The van der Waals surface area contributed by atoms with Gasteiger partial charge >= 0.3 is 0 Å². The topological polar surface area (TPSA) is 133 Å². The van der Waals surface area contributed by atoms with Crippen LogP contribution in [0.3, 0.4) is 0 Å². The lowest BCUT2D eigenvalue weighted by Crippen LogP contribution is -2.64. The van der Waals surface area contributed by atoms with Gasteiger partial charge in [-0.05, 0) is 49.3 Å². The zero-order chi connectivity index (χ0) is 28.3. The number of anilines is 1. The summed E-state index contributed by atoms with van der Waals surface area (Å²) in [5, 5.41) is 31.8. The van der Waals surface area contributed by atoms with Crippen molar-refractivity contribution in [1.29, 1.82) is 0 Å². The van der Waals surface area contributed by atoms with Crippen molar-refractivity contribution in [2.24, 2.45) is 11.8 Å². The molecule has 4 N–H and O–H groups in total. The van der Waals surface area contributed by atoms with E-state index in [0.29, 0.717) is 18.6 Å². The minimum atomic E-state index is -4.04. The van der Waals surface area contributed by atoms with Gasteiger partial charge in [-0.2, -0.15) is 0 Å². The second-order valence-corrected chi connectivity index (χ2v) is 13.3. The molecule has 0 heterocycles. The third-order valence-electron chi connectivity index (χ3n) is 8.26. The molecule has 5 atom stereocenters. The Bertz CT molecular complexity index is 1360. The van der Waals surface area contributed by atoms with Crippen LogP contribution in [0, 0.1) is 29.3 Å². The second-order valence-electron chi connectivity index (χ2n) is 10.7. The van der Waals surface area contributed by atoms with Gasteiger partial charge in [0, 0.05) is 36.2 Å². The Morgan fingerprint density at radius 1 is 1.00 bits per heavy atom. The summed E-state index contributed by atoms with van der Waals surface area (Å²) in [6.07, 6.45) is -0.696. The molecule has 4 aliphatic rings. The van der Waals surface area contributed by atoms with E-state index < -0.39 is 62.4 Å². The molecule has 4 aliphatic carbocycles. The van der Waals surface area contributed by atoms with Crippen molar-refractivity contribution in [1.82, 2.24) is 0 Å². The van der Waals surface area contributed by atoms with E-state index in [4.69, 9.17) is 16.3 Å². The Kier molecular flexibility index (Phi) is 7.49. The molecule has 0 radical (unpaired) electrons. The van der Waals surface area contributed by atoms with E-state index in [1.54, 1.807) is 0 Å². The molecule has 39 heavy (non-hydrogen) atoms. The first-order valence-electron chi connectivity index (χ1n) is 12.5. The number of aliphatic hydroxyl groups is 3. The lowest BCUT2D eigenvalue weighted by atomic mass is 9.54. The van der Waals surface area contributed by atoms with Gasteiger partial charge < -0.3 is 25.4 Å².